The fourth-order valence-corrected chi connectivity index (χ4v) is 3.94. The number of fused-ring (bicyclic) bond motifs is 1. The zero-order valence-corrected chi connectivity index (χ0v) is 19.4. The lowest BCUT2D eigenvalue weighted by Crippen LogP contribution is -2.49. The Morgan fingerprint density at radius 3 is 2.77 bits per heavy atom. The largest absolute Gasteiger partial charge is 0.504 e. The maximum absolute atomic E-state index is 12.8. The first-order valence-electron chi connectivity index (χ1n) is 10.7. The van der Waals surface area contributed by atoms with Crippen LogP contribution in [0.15, 0.2) is 36.6 Å². The molecular formula is C22H27N7O6. The Bertz CT molecular complexity index is 1260. The van der Waals surface area contributed by atoms with Crippen LogP contribution in [-0.4, -0.2) is 86.8 Å². The number of phenols is 1. The van der Waals surface area contributed by atoms with E-state index in [1.807, 2.05) is 14.1 Å². The Balaban J connectivity index is 1.55. The first kappa shape index (κ1) is 24.2. The van der Waals surface area contributed by atoms with Crippen LogP contribution in [0.1, 0.15) is 11.8 Å². The number of carbonyl (C=O) groups is 1. The molecule has 1 fully saturated rings. The van der Waals surface area contributed by atoms with Gasteiger partial charge in [0.25, 0.3) is 5.91 Å². The molecule has 6 N–H and O–H groups in total. The molecular weight excluding hydrogens is 458 g/mol. The first-order valence-corrected chi connectivity index (χ1v) is 10.7. The first-order chi connectivity index (χ1) is 16.7. The highest BCUT2D eigenvalue weighted by Gasteiger charge is 2.46. The number of amides is 1. The highest BCUT2D eigenvalue weighted by molar-refractivity contribution is 5.97. The van der Waals surface area contributed by atoms with E-state index in [9.17, 15) is 20.1 Å². The lowest BCUT2D eigenvalue weighted by Gasteiger charge is -2.21. The molecule has 13 nitrogen and oxygen atoms in total. The van der Waals surface area contributed by atoms with E-state index in [1.165, 1.54) is 42.5 Å². The average molecular weight is 486 g/mol. The molecule has 0 saturated carbocycles. The predicted octanol–water partition coefficient (Wildman–Crippen LogP) is -0.658. The Morgan fingerprint density at radius 1 is 1.34 bits per heavy atom. The summed E-state index contributed by atoms with van der Waals surface area (Å²) < 4.78 is 12.4. The van der Waals surface area contributed by atoms with Crippen molar-refractivity contribution < 1.29 is 29.6 Å². The van der Waals surface area contributed by atoms with Crippen LogP contribution in [0, 0.1) is 0 Å². The maximum Gasteiger partial charge on any atom is 0.267 e. The molecule has 1 aliphatic rings. The third-order valence-corrected chi connectivity index (χ3v) is 5.68. The number of hydrogen-bond acceptors (Lipinski definition) is 11. The standard InChI is InChI=1S/C22H27N7O6/c1-28(2)19-17-20(25-9-24-19)29(10-26-17)22-18(32)16(15(8-30)35-22)27-21(33)12(23)6-11-4-5-14(34-3)13(31)7-11/h4-7,9-10,15-16,18,22,30-32H,8,23H2,1-3H3,(H,27,33)/b12-6-/t15-,16-,18-,22-/m1/s1. The van der Waals surface area contributed by atoms with Gasteiger partial charge in [0.2, 0.25) is 0 Å². The highest BCUT2D eigenvalue weighted by Crippen LogP contribution is 2.33. The molecule has 35 heavy (non-hydrogen) atoms. The van der Waals surface area contributed by atoms with Gasteiger partial charge in [-0.15, -0.1) is 0 Å². The molecule has 0 unspecified atom stereocenters. The van der Waals surface area contributed by atoms with Gasteiger partial charge in [-0.3, -0.25) is 9.36 Å². The van der Waals surface area contributed by atoms with Crippen LogP contribution in [0.5, 0.6) is 11.5 Å². The number of imidazole rings is 1. The number of nitrogens with zero attached hydrogens (tertiary/aromatic N) is 5. The van der Waals surface area contributed by atoms with Gasteiger partial charge in [0.1, 0.15) is 18.5 Å². The van der Waals surface area contributed by atoms with E-state index in [2.05, 4.69) is 20.3 Å². The molecule has 0 bridgehead atoms. The van der Waals surface area contributed by atoms with Crippen LogP contribution in [0.2, 0.25) is 0 Å². The minimum atomic E-state index is -1.25. The summed E-state index contributed by atoms with van der Waals surface area (Å²) >= 11 is 0. The lowest BCUT2D eigenvalue weighted by molar-refractivity contribution is -0.119. The third-order valence-electron chi connectivity index (χ3n) is 5.68. The highest BCUT2D eigenvalue weighted by atomic mass is 16.5. The van der Waals surface area contributed by atoms with Gasteiger partial charge in [-0.25, -0.2) is 15.0 Å². The molecule has 186 valence electrons. The van der Waals surface area contributed by atoms with E-state index in [-0.39, 0.29) is 17.2 Å². The number of rotatable bonds is 7. The molecule has 1 amide bonds. The maximum atomic E-state index is 12.8. The lowest BCUT2D eigenvalue weighted by atomic mass is 10.1. The zero-order valence-electron chi connectivity index (χ0n) is 19.4. The van der Waals surface area contributed by atoms with Crippen molar-refractivity contribution in [3.63, 3.8) is 0 Å². The van der Waals surface area contributed by atoms with Crippen LogP contribution < -0.4 is 20.7 Å². The van der Waals surface area contributed by atoms with Crippen LogP contribution in [0.4, 0.5) is 5.82 Å². The summed E-state index contributed by atoms with van der Waals surface area (Å²) in [6, 6.07) is 3.58. The number of aromatic nitrogens is 4. The fourth-order valence-electron chi connectivity index (χ4n) is 3.94. The molecule has 4 rings (SSSR count). The predicted molar refractivity (Wildman–Crippen MR) is 125 cm³/mol. The fraction of sp³-hybridized carbons (Fsp3) is 0.364. The van der Waals surface area contributed by atoms with Crippen molar-refractivity contribution in [3.05, 3.63) is 42.1 Å². The number of anilines is 1. The number of nitrogens with two attached hydrogens (primary N) is 1. The SMILES string of the molecule is COc1ccc(/C=C(\N)C(=O)N[C@H]2[C@@H](O)[C@H](n3cnc4c(N(C)C)ncnc43)O[C@@H]2CO)cc1O. The molecule has 0 radical (unpaired) electrons. The monoisotopic (exact) mass is 485 g/mol. The summed E-state index contributed by atoms with van der Waals surface area (Å²) in [5, 5.41) is 33.4. The van der Waals surface area contributed by atoms with Gasteiger partial charge in [-0.2, -0.15) is 0 Å². The van der Waals surface area contributed by atoms with Crippen molar-refractivity contribution in [1.82, 2.24) is 24.8 Å². The van der Waals surface area contributed by atoms with Gasteiger partial charge in [-0.05, 0) is 23.8 Å². The molecule has 1 aromatic carbocycles. The quantitative estimate of drug-likeness (QED) is 0.268. The van der Waals surface area contributed by atoms with Crippen molar-refractivity contribution in [3.8, 4) is 11.5 Å². The van der Waals surface area contributed by atoms with Crippen molar-refractivity contribution in [1.29, 1.82) is 0 Å². The summed E-state index contributed by atoms with van der Waals surface area (Å²) in [7, 11) is 5.06. The van der Waals surface area contributed by atoms with E-state index in [0.29, 0.717) is 22.5 Å². The summed E-state index contributed by atoms with van der Waals surface area (Å²) in [4.78, 5) is 27.4. The van der Waals surface area contributed by atoms with Crippen LogP contribution in [0.3, 0.4) is 0 Å². The molecule has 2 aromatic heterocycles. The number of ether oxygens (including phenoxy) is 2. The molecule has 13 heteroatoms. The van der Waals surface area contributed by atoms with Gasteiger partial charge in [0.05, 0.1) is 31.8 Å². The second kappa shape index (κ2) is 9.74. The van der Waals surface area contributed by atoms with Gasteiger partial charge in [0, 0.05) is 14.1 Å². The summed E-state index contributed by atoms with van der Waals surface area (Å²) in [6.07, 6.45) is 1.07. The third kappa shape index (κ3) is 4.56. The van der Waals surface area contributed by atoms with E-state index in [4.69, 9.17) is 15.2 Å². The van der Waals surface area contributed by atoms with Gasteiger partial charge in [0.15, 0.2) is 34.7 Å². The van der Waals surface area contributed by atoms with Crippen molar-refractivity contribution in [2.45, 2.75) is 24.5 Å². The Hall–Kier alpha value is -3.94. The number of benzene rings is 1. The number of aliphatic hydroxyl groups excluding tert-OH is 2. The average Bonchev–Trinajstić information content (AvgIpc) is 3.39. The number of carbonyl (C=O) groups excluding carboxylic acids is 1. The van der Waals surface area contributed by atoms with E-state index in [0.717, 1.165) is 0 Å². The van der Waals surface area contributed by atoms with Gasteiger partial charge < -0.3 is 40.7 Å². The molecule has 3 aromatic rings. The molecule has 4 atom stereocenters. The number of phenolic OH excluding ortho intramolecular Hbond substituents is 1. The minimum absolute atomic E-state index is 0.106. The van der Waals surface area contributed by atoms with Crippen molar-refractivity contribution in [2.75, 3.05) is 32.7 Å². The summed E-state index contributed by atoms with van der Waals surface area (Å²) in [5.74, 6) is 0.0846. The Labute approximate surface area is 200 Å². The van der Waals surface area contributed by atoms with E-state index >= 15 is 0 Å². The zero-order chi connectivity index (χ0) is 25.3. The van der Waals surface area contributed by atoms with Crippen LogP contribution in [-0.2, 0) is 9.53 Å². The smallest absolute Gasteiger partial charge is 0.267 e. The van der Waals surface area contributed by atoms with Crippen LogP contribution >= 0.6 is 0 Å². The molecule has 1 aliphatic heterocycles. The second-order valence-electron chi connectivity index (χ2n) is 8.18. The van der Waals surface area contributed by atoms with Gasteiger partial charge >= 0.3 is 0 Å². The molecule has 1 saturated heterocycles. The van der Waals surface area contributed by atoms with Gasteiger partial charge in [-0.1, -0.05) is 6.07 Å². The topological polar surface area (TPSA) is 181 Å². The number of aromatic hydroxyl groups is 1. The normalized spacial score (nSPS) is 22.4. The number of methoxy groups -OCH3 is 1. The van der Waals surface area contributed by atoms with E-state index < -0.39 is 37.0 Å². The number of aliphatic hydroxyl groups is 2. The minimum Gasteiger partial charge on any atom is -0.504 e. The van der Waals surface area contributed by atoms with Crippen molar-refractivity contribution in [2.24, 2.45) is 5.73 Å². The Kier molecular flexibility index (Phi) is 6.73. The van der Waals surface area contributed by atoms with Crippen molar-refractivity contribution >= 4 is 29.0 Å². The second-order valence-corrected chi connectivity index (χ2v) is 8.18. The number of nitrogens with one attached hydrogen (secondary N) is 1. The van der Waals surface area contributed by atoms with E-state index in [1.54, 1.807) is 11.0 Å². The number of hydrogen-bond donors (Lipinski definition) is 5. The molecule has 0 spiro atoms. The van der Waals surface area contributed by atoms with Crippen LogP contribution in [0.25, 0.3) is 17.2 Å². The Morgan fingerprint density at radius 2 is 2.11 bits per heavy atom. The summed E-state index contributed by atoms with van der Waals surface area (Å²) in [6.45, 7) is -0.459. The molecule has 0 aliphatic carbocycles. The molecule has 3 heterocycles. The summed E-state index contributed by atoms with van der Waals surface area (Å²) in [5.41, 5.74) is 7.18.